The topological polar surface area (TPSA) is 24.5 Å². The molecule has 0 bridgehead atoms. The molecule has 2 saturated carbocycles. The van der Waals surface area contributed by atoms with Gasteiger partial charge in [-0.3, -0.25) is 4.90 Å². The van der Waals surface area contributed by atoms with Gasteiger partial charge in [-0.15, -0.1) is 0 Å². The number of rotatable bonds is 4. The average molecular weight is 311 g/mol. The van der Waals surface area contributed by atoms with Crippen molar-refractivity contribution in [2.75, 3.05) is 33.2 Å². The molecule has 0 aromatic heterocycles. The first-order valence-electron chi connectivity index (χ1n) is 9.60. The smallest absolute Gasteiger partial charge is 0.0819 e. The molecule has 3 fully saturated rings. The van der Waals surface area contributed by atoms with E-state index in [1.54, 1.807) is 0 Å². The molecule has 0 aromatic rings. The van der Waals surface area contributed by atoms with Gasteiger partial charge in [0.05, 0.1) is 11.2 Å². The second kappa shape index (κ2) is 8.12. The van der Waals surface area contributed by atoms with Gasteiger partial charge in [-0.1, -0.05) is 40.0 Å². The molecule has 1 saturated heterocycles. The molecule has 3 heteroatoms. The second-order valence-corrected chi connectivity index (χ2v) is 8.12. The van der Waals surface area contributed by atoms with Crippen molar-refractivity contribution in [3.63, 3.8) is 0 Å². The van der Waals surface area contributed by atoms with Crippen LogP contribution in [0.25, 0.3) is 0 Å². The van der Waals surface area contributed by atoms with E-state index in [1.807, 2.05) is 7.05 Å². The van der Waals surface area contributed by atoms with E-state index in [-0.39, 0.29) is 5.60 Å². The summed E-state index contributed by atoms with van der Waals surface area (Å²) < 4.78 is 6.50. The van der Waals surface area contributed by atoms with Gasteiger partial charge in [-0.25, -0.2) is 0 Å². The van der Waals surface area contributed by atoms with Crippen molar-refractivity contribution in [3.05, 3.63) is 0 Å². The van der Waals surface area contributed by atoms with Gasteiger partial charge in [-0.05, 0) is 58.2 Å². The second-order valence-electron chi connectivity index (χ2n) is 8.12. The summed E-state index contributed by atoms with van der Waals surface area (Å²) in [5.74, 6) is 0.840. The fourth-order valence-corrected chi connectivity index (χ4v) is 3.91. The third kappa shape index (κ3) is 5.21. The maximum atomic E-state index is 6.50. The van der Waals surface area contributed by atoms with E-state index in [2.05, 4.69) is 31.0 Å². The van der Waals surface area contributed by atoms with E-state index >= 15 is 0 Å². The molecule has 0 atom stereocenters. The number of hydrogen-bond donors (Lipinski definition) is 1. The number of hydrogen-bond acceptors (Lipinski definition) is 3. The fourth-order valence-electron chi connectivity index (χ4n) is 3.91. The van der Waals surface area contributed by atoms with E-state index in [0.29, 0.717) is 5.60 Å². The first-order valence-corrected chi connectivity index (χ1v) is 9.60. The Labute approximate surface area is 138 Å². The van der Waals surface area contributed by atoms with Gasteiger partial charge >= 0.3 is 0 Å². The molecule has 1 heterocycles. The van der Waals surface area contributed by atoms with Crippen molar-refractivity contribution >= 4 is 0 Å². The Balaban J connectivity index is 0.000000217. The molecule has 130 valence electrons. The molecule has 2 spiro atoms. The molecular weight excluding hydrogens is 272 g/mol. The van der Waals surface area contributed by atoms with Crippen LogP contribution >= 0.6 is 0 Å². The number of ether oxygens (including phenoxy) is 1. The summed E-state index contributed by atoms with van der Waals surface area (Å²) in [7, 11) is 1.99. The van der Waals surface area contributed by atoms with E-state index in [9.17, 15) is 0 Å². The van der Waals surface area contributed by atoms with Gasteiger partial charge in [0.2, 0.25) is 0 Å². The van der Waals surface area contributed by atoms with Crippen LogP contribution in [-0.2, 0) is 4.74 Å². The van der Waals surface area contributed by atoms with Crippen LogP contribution in [0.5, 0.6) is 0 Å². The summed E-state index contributed by atoms with van der Waals surface area (Å²) in [6, 6.07) is 0. The quantitative estimate of drug-likeness (QED) is 0.854. The number of nitrogens with zero attached hydrogens (tertiary/aromatic N) is 1. The van der Waals surface area contributed by atoms with Crippen LogP contribution in [0.2, 0.25) is 0 Å². The molecule has 3 nitrogen and oxygen atoms in total. The van der Waals surface area contributed by atoms with Crippen molar-refractivity contribution in [2.24, 2.45) is 5.92 Å². The van der Waals surface area contributed by atoms with Crippen LogP contribution in [-0.4, -0.2) is 49.3 Å². The minimum atomic E-state index is 0.253. The van der Waals surface area contributed by atoms with Crippen molar-refractivity contribution in [1.29, 1.82) is 0 Å². The van der Waals surface area contributed by atoms with Crippen LogP contribution in [0, 0.1) is 5.92 Å². The van der Waals surface area contributed by atoms with Gasteiger partial charge in [-0.2, -0.15) is 0 Å². The highest BCUT2D eigenvalue weighted by atomic mass is 16.5. The third-order valence-corrected chi connectivity index (χ3v) is 5.45. The minimum absolute atomic E-state index is 0.253. The molecular formula is C19H38N2O. The lowest BCUT2D eigenvalue weighted by molar-refractivity contribution is -0.181. The molecule has 3 aliphatic rings. The fraction of sp³-hybridized carbons (Fsp3) is 1.00. The van der Waals surface area contributed by atoms with E-state index < -0.39 is 0 Å². The highest BCUT2D eigenvalue weighted by Gasteiger charge is 2.54. The summed E-state index contributed by atoms with van der Waals surface area (Å²) in [4.78, 5) is 2.63. The SMILES string of the molecule is CCN1CC2(CCCCC2)OC2(CC2)C1.CNCCC(C)C. The Morgan fingerprint density at radius 1 is 1.00 bits per heavy atom. The molecule has 22 heavy (non-hydrogen) atoms. The Kier molecular flexibility index (Phi) is 6.73. The number of morpholine rings is 1. The highest BCUT2D eigenvalue weighted by Crippen LogP contribution is 2.49. The molecule has 0 amide bonds. The van der Waals surface area contributed by atoms with Crippen molar-refractivity contribution in [3.8, 4) is 0 Å². The van der Waals surface area contributed by atoms with Crippen LogP contribution in [0.1, 0.15) is 72.1 Å². The predicted molar refractivity (Wildman–Crippen MR) is 94.4 cm³/mol. The summed E-state index contributed by atoms with van der Waals surface area (Å²) >= 11 is 0. The van der Waals surface area contributed by atoms with Gasteiger partial charge in [0, 0.05) is 13.1 Å². The zero-order chi connectivity index (χ0) is 16.1. The Morgan fingerprint density at radius 2 is 1.59 bits per heavy atom. The zero-order valence-electron chi connectivity index (χ0n) is 15.4. The lowest BCUT2D eigenvalue weighted by Crippen LogP contribution is -2.57. The first kappa shape index (κ1) is 18.2. The molecule has 0 unspecified atom stereocenters. The first-order chi connectivity index (χ1) is 10.5. The Hall–Kier alpha value is -0.120. The molecule has 0 radical (unpaired) electrons. The van der Waals surface area contributed by atoms with Crippen molar-refractivity contribution in [1.82, 2.24) is 10.2 Å². The summed E-state index contributed by atoms with van der Waals surface area (Å²) in [6.45, 7) is 11.5. The highest BCUT2D eigenvalue weighted by molar-refractivity contribution is 5.06. The third-order valence-electron chi connectivity index (χ3n) is 5.45. The minimum Gasteiger partial charge on any atom is -0.366 e. The molecule has 3 rings (SSSR count). The van der Waals surface area contributed by atoms with Crippen molar-refractivity contribution < 1.29 is 4.74 Å². The van der Waals surface area contributed by atoms with Crippen LogP contribution in [0.4, 0.5) is 0 Å². The van der Waals surface area contributed by atoms with Crippen molar-refractivity contribution in [2.45, 2.75) is 83.3 Å². The molecule has 1 aliphatic heterocycles. The van der Waals surface area contributed by atoms with Gasteiger partial charge in [0.25, 0.3) is 0 Å². The number of likely N-dealkylation sites (N-methyl/N-ethyl adjacent to an activating group) is 1. The van der Waals surface area contributed by atoms with Crippen LogP contribution in [0.3, 0.4) is 0 Å². The Morgan fingerprint density at radius 3 is 2.00 bits per heavy atom. The molecule has 0 aromatic carbocycles. The summed E-state index contributed by atoms with van der Waals surface area (Å²) in [5, 5.41) is 3.10. The van der Waals surface area contributed by atoms with E-state index in [1.165, 1.54) is 71.0 Å². The molecule has 1 N–H and O–H groups in total. The zero-order valence-corrected chi connectivity index (χ0v) is 15.4. The van der Waals surface area contributed by atoms with E-state index in [4.69, 9.17) is 4.74 Å². The van der Waals surface area contributed by atoms with Gasteiger partial charge < -0.3 is 10.1 Å². The van der Waals surface area contributed by atoms with Gasteiger partial charge in [0.1, 0.15) is 0 Å². The summed E-state index contributed by atoms with van der Waals surface area (Å²) in [6.07, 6.45) is 10.7. The standard InChI is InChI=1S/C13H23NO.C6H15N/c1-2-14-10-12(6-4-3-5-7-12)15-13(11-14)8-9-13;1-6(2)4-5-7-3/h2-11H2,1H3;6-7H,4-5H2,1-3H3. The molecule has 2 aliphatic carbocycles. The lowest BCUT2D eigenvalue weighted by atomic mass is 9.82. The lowest BCUT2D eigenvalue weighted by Gasteiger charge is -2.48. The largest absolute Gasteiger partial charge is 0.366 e. The maximum Gasteiger partial charge on any atom is 0.0819 e. The number of nitrogens with one attached hydrogen (secondary N) is 1. The van der Waals surface area contributed by atoms with Gasteiger partial charge in [0.15, 0.2) is 0 Å². The van der Waals surface area contributed by atoms with E-state index in [0.717, 1.165) is 12.5 Å². The monoisotopic (exact) mass is 310 g/mol. The van der Waals surface area contributed by atoms with Crippen LogP contribution in [0.15, 0.2) is 0 Å². The summed E-state index contributed by atoms with van der Waals surface area (Å²) in [5.41, 5.74) is 0.550. The average Bonchev–Trinajstić information content (AvgIpc) is 3.24. The maximum absolute atomic E-state index is 6.50. The predicted octanol–water partition coefficient (Wildman–Crippen LogP) is 3.83. The normalized spacial score (nSPS) is 26.0. The Bertz CT molecular complexity index is 319. The van der Waals surface area contributed by atoms with Crippen LogP contribution < -0.4 is 5.32 Å².